The lowest BCUT2D eigenvalue weighted by Crippen LogP contribution is -2.46. The molecule has 0 amide bonds. The molecule has 232 valence electrons. The molecule has 3 unspecified atom stereocenters. The lowest BCUT2D eigenvalue weighted by atomic mass is 9.91. The number of carbonyl (C=O) groups excluding carboxylic acids is 1. The third kappa shape index (κ3) is 19.2. The van der Waals surface area contributed by atoms with E-state index in [0.29, 0.717) is 19.3 Å². The Morgan fingerprint density at radius 3 is 1.85 bits per heavy atom. The molecular weight excluding hydrogens is 486 g/mol. The van der Waals surface area contributed by atoms with Gasteiger partial charge in [0, 0.05) is 12.6 Å². The lowest BCUT2D eigenvalue weighted by molar-refractivity contribution is -0.149. The van der Waals surface area contributed by atoms with Crippen molar-refractivity contribution in [2.75, 3.05) is 26.3 Å². The van der Waals surface area contributed by atoms with Crippen LogP contribution in [0.2, 0.25) is 0 Å². The van der Waals surface area contributed by atoms with Crippen LogP contribution in [0, 0.1) is 5.92 Å². The minimum absolute atomic E-state index is 0.0544. The number of aliphatic hydroxyl groups is 2. The Balaban J connectivity index is 2.30. The highest BCUT2D eigenvalue weighted by molar-refractivity contribution is 5.72. The first-order valence-corrected chi connectivity index (χ1v) is 17.3. The fraction of sp³-hybridized carbons (Fsp3) is 0.971. The SMILES string of the molecule is CCCCCCCCC(CCCCCC)C(=O)OCCCCCCN(CCCCCCO)C1CCCCC1O. The van der Waals surface area contributed by atoms with E-state index < -0.39 is 0 Å². The highest BCUT2D eigenvalue weighted by atomic mass is 16.5. The summed E-state index contributed by atoms with van der Waals surface area (Å²) in [6, 6.07) is 0.318. The molecule has 1 fully saturated rings. The molecule has 0 heterocycles. The van der Waals surface area contributed by atoms with Crippen LogP contribution in [-0.4, -0.2) is 59.5 Å². The third-order valence-electron chi connectivity index (χ3n) is 8.75. The molecule has 0 aromatic carbocycles. The summed E-state index contributed by atoms with van der Waals surface area (Å²) in [7, 11) is 0. The van der Waals surface area contributed by atoms with Crippen molar-refractivity contribution >= 4 is 5.97 Å². The maximum atomic E-state index is 12.9. The van der Waals surface area contributed by atoms with Gasteiger partial charge in [-0.15, -0.1) is 0 Å². The van der Waals surface area contributed by atoms with E-state index in [1.807, 2.05) is 0 Å². The third-order valence-corrected chi connectivity index (χ3v) is 8.75. The van der Waals surface area contributed by atoms with E-state index in [9.17, 15) is 9.90 Å². The van der Waals surface area contributed by atoms with E-state index in [0.717, 1.165) is 109 Å². The fourth-order valence-electron chi connectivity index (χ4n) is 6.17. The van der Waals surface area contributed by atoms with E-state index in [1.54, 1.807) is 0 Å². The van der Waals surface area contributed by atoms with Crippen LogP contribution >= 0.6 is 0 Å². The monoisotopic (exact) mass is 554 g/mol. The van der Waals surface area contributed by atoms with Crippen LogP contribution in [0.1, 0.15) is 168 Å². The highest BCUT2D eigenvalue weighted by Crippen LogP contribution is 2.25. The molecule has 1 aliphatic rings. The summed E-state index contributed by atoms with van der Waals surface area (Å²) >= 11 is 0. The number of hydrogen-bond acceptors (Lipinski definition) is 5. The second-order valence-electron chi connectivity index (χ2n) is 12.3. The van der Waals surface area contributed by atoms with Gasteiger partial charge in [-0.1, -0.05) is 117 Å². The zero-order chi connectivity index (χ0) is 28.4. The summed E-state index contributed by atoms with van der Waals surface area (Å²) < 4.78 is 5.78. The highest BCUT2D eigenvalue weighted by Gasteiger charge is 2.28. The van der Waals surface area contributed by atoms with Crippen LogP contribution in [0.4, 0.5) is 0 Å². The Hall–Kier alpha value is -0.650. The summed E-state index contributed by atoms with van der Waals surface area (Å²) in [5.74, 6) is 0.152. The van der Waals surface area contributed by atoms with Crippen LogP contribution in [0.5, 0.6) is 0 Å². The average molecular weight is 554 g/mol. The van der Waals surface area contributed by atoms with Gasteiger partial charge in [-0.3, -0.25) is 9.69 Å². The lowest BCUT2D eigenvalue weighted by Gasteiger charge is -2.38. The van der Waals surface area contributed by atoms with Gasteiger partial charge in [-0.05, 0) is 64.5 Å². The van der Waals surface area contributed by atoms with Gasteiger partial charge in [0.05, 0.1) is 18.6 Å². The van der Waals surface area contributed by atoms with Gasteiger partial charge in [0.1, 0.15) is 0 Å². The van der Waals surface area contributed by atoms with Crippen molar-refractivity contribution in [2.45, 2.75) is 180 Å². The van der Waals surface area contributed by atoms with E-state index >= 15 is 0 Å². The maximum Gasteiger partial charge on any atom is 0.308 e. The average Bonchev–Trinajstić information content (AvgIpc) is 2.94. The number of aliphatic hydroxyl groups excluding tert-OH is 2. The summed E-state index contributed by atoms with van der Waals surface area (Å²) in [5.41, 5.74) is 0. The van der Waals surface area contributed by atoms with Crippen molar-refractivity contribution < 1.29 is 19.7 Å². The quantitative estimate of drug-likeness (QED) is 0.0787. The topological polar surface area (TPSA) is 70.0 Å². The van der Waals surface area contributed by atoms with Gasteiger partial charge in [-0.2, -0.15) is 0 Å². The first-order valence-electron chi connectivity index (χ1n) is 17.3. The summed E-state index contributed by atoms with van der Waals surface area (Å²) in [5, 5.41) is 19.6. The Labute approximate surface area is 242 Å². The standard InChI is InChI=1S/C34H67NO4/c1-3-5-7-9-10-16-24-31(23-15-8-6-4-2)34(38)39-30-22-14-12-20-28-35(27-19-11-13-21-29-36)32-25-17-18-26-33(32)37/h31-33,36-37H,3-30H2,1-2H3. The van der Waals surface area contributed by atoms with Crippen molar-refractivity contribution in [2.24, 2.45) is 5.92 Å². The van der Waals surface area contributed by atoms with E-state index in [2.05, 4.69) is 18.7 Å². The molecule has 5 nitrogen and oxygen atoms in total. The summed E-state index contributed by atoms with van der Waals surface area (Å²) in [6.07, 6.45) is 27.4. The predicted octanol–water partition coefficient (Wildman–Crippen LogP) is 8.59. The molecule has 1 saturated carbocycles. The van der Waals surface area contributed by atoms with E-state index in [-0.39, 0.29) is 18.0 Å². The Bertz CT molecular complexity index is 543. The molecule has 1 rings (SSSR count). The molecule has 0 saturated heterocycles. The fourth-order valence-corrected chi connectivity index (χ4v) is 6.17. The van der Waals surface area contributed by atoms with Gasteiger partial charge in [0.2, 0.25) is 0 Å². The molecule has 39 heavy (non-hydrogen) atoms. The smallest absolute Gasteiger partial charge is 0.308 e. The van der Waals surface area contributed by atoms with Gasteiger partial charge < -0.3 is 14.9 Å². The zero-order valence-corrected chi connectivity index (χ0v) is 26.2. The van der Waals surface area contributed by atoms with Gasteiger partial charge in [0.15, 0.2) is 0 Å². The number of carbonyl (C=O) groups is 1. The van der Waals surface area contributed by atoms with Gasteiger partial charge in [-0.25, -0.2) is 0 Å². The Kier molecular flexibility index (Phi) is 24.5. The number of ether oxygens (including phenoxy) is 1. The molecule has 0 radical (unpaired) electrons. The minimum atomic E-state index is -0.179. The van der Waals surface area contributed by atoms with Crippen molar-refractivity contribution in [3.05, 3.63) is 0 Å². The normalized spacial score (nSPS) is 18.5. The molecule has 0 aromatic heterocycles. The van der Waals surface area contributed by atoms with Crippen molar-refractivity contribution in [3.8, 4) is 0 Å². The number of hydrogen-bond donors (Lipinski definition) is 2. The van der Waals surface area contributed by atoms with Crippen molar-refractivity contribution in [1.82, 2.24) is 4.90 Å². The van der Waals surface area contributed by atoms with E-state index in [1.165, 1.54) is 57.8 Å². The molecule has 1 aliphatic carbocycles. The first-order chi connectivity index (χ1) is 19.1. The van der Waals surface area contributed by atoms with Crippen LogP contribution in [0.3, 0.4) is 0 Å². The van der Waals surface area contributed by atoms with Crippen LogP contribution < -0.4 is 0 Å². The number of rotatable bonds is 27. The molecule has 5 heteroatoms. The molecule has 0 bridgehead atoms. The number of nitrogens with zero attached hydrogens (tertiary/aromatic N) is 1. The Morgan fingerprint density at radius 1 is 0.718 bits per heavy atom. The largest absolute Gasteiger partial charge is 0.465 e. The summed E-state index contributed by atoms with van der Waals surface area (Å²) in [4.78, 5) is 15.4. The second-order valence-corrected chi connectivity index (χ2v) is 12.3. The number of esters is 1. The predicted molar refractivity (Wildman–Crippen MR) is 165 cm³/mol. The van der Waals surface area contributed by atoms with E-state index in [4.69, 9.17) is 9.84 Å². The summed E-state index contributed by atoms with van der Waals surface area (Å²) in [6.45, 7) is 7.46. The Morgan fingerprint density at radius 2 is 1.23 bits per heavy atom. The molecular formula is C34H67NO4. The van der Waals surface area contributed by atoms with Gasteiger partial charge in [0.25, 0.3) is 0 Å². The first kappa shape index (κ1) is 36.4. The van der Waals surface area contributed by atoms with Crippen LogP contribution in [-0.2, 0) is 9.53 Å². The second kappa shape index (κ2) is 26.3. The molecule has 0 spiro atoms. The van der Waals surface area contributed by atoms with Crippen molar-refractivity contribution in [3.63, 3.8) is 0 Å². The molecule has 2 N–H and O–H groups in total. The molecule has 0 aliphatic heterocycles. The minimum Gasteiger partial charge on any atom is -0.465 e. The number of unbranched alkanes of at least 4 members (excludes halogenated alkanes) is 14. The maximum absolute atomic E-state index is 12.9. The van der Waals surface area contributed by atoms with Crippen LogP contribution in [0.25, 0.3) is 0 Å². The molecule has 3 atom stereocenters. The molecule has 0 aromatic rings. The van der Waals surface area contributed by atoms with Crippen LogP contribution in [0.15, 0.2) is 0 Å². The zero-order valence-electron chi connectivity index (χ0n) is 26.2. The van der Waals surface area contributed by atoms with Gasteiger partial charge >= 0.3 is 5.97 Å². The van der Waals surface area contributed by atoms with Crippen molar-refractivity contribution in [1.29, 1.82) is 0 Å².